The lowest BCUT2D eigenvalue weighted by molar-refractivity contribution is 0.434. The second-order valence-electron chi connectivity index (χ2n) is 4.63. The fourth-order valence-electron chi connectivity index (χ4n) is 2.06. The summed E-state index contributed by atoms with van der Waals surface area (Å²) in [5.41, 5.74) is 2.66. The Kier molecular flexibility index (Phi) is 3.77. The summed E-state index contributed by atoms with van der Waals surface area (Å²) in [6, 6.07) is 2.01. The maximum Gasteiger partial charge on any atom is 0.200 e. The summed E-state index contributed by atoms with van der Waals surface area (Å²) in [5, 5.41) is 0. The van der Waals surface area contributed by atoms with Crippen LogP contribution in [0.25, 0.3) is 11.2 Å². The van der Waals surface area contributed by atoms with Crippen LogP contribution in [0.15, 0.2) is 16.7 Å². The van der Waals surface area contributed by atoms with Gasteiger partial charge in [-0.05, 0) is 31.4 Å². The highest BCUT2D eigenvalue weighted by atomic mass is 16.3. The molecular weight excluding hydrogens is 212 g/mol. The lowest BCUT2D eigenvalue weighted by atomic mass is 9.99. The number of rotatable bonds is 5. The number of aryl methyl sites for hydroxylation is 1. The van der Waals surface area contributed by atoms with Gasteiger partial charge in [-0.15, -0.1) is 0 Å². The van der Waals surface area contributed by atoms with Gasteiger partial charge in [-0.3, -0.25) is 0 Å². The van der Waals surface area contributed by atoms with Gasteiger partial charge in [0, 0.05) is 12.1 Å². The first-order chi connectivity index (χ1) is 8.24. The van der Waals surface area contributed by atoms with E-state index in [1.807, 2.05) is 19.2 Å². The number of fused-ring (bicyclic) bond motifs is 1. The summed E-state index contributed by atoms with van der Waals surface area (Å²) >= 11 is 0. The Morgan fingerprint density at radius 2 is 2.18 bits per heavy atom. The monoisotopic (exact) mass is 232 g/mol. The molecule has 1 unspecified atom stereocenters. The normalized spacial score (nSPS) is 13.1. The van der Waals surface area contributed by atoms with Gasteiger partial charge in [0.25, 0.3) is 0 Å². The number of aromatic nitrogens is 2. The Hall–Kier alpha value is -1.38. The molecule has 0 aliphatic heterocycles. The van der Waals surface area contributed by atoms with Crippen molar-refractivity contribution in [3.05, 3.63) is 23.7 Å². The summed E-state index contributed by atoms with van der Waals surface area (Å²) in [4.78, 5) is 8.79. The number of unbranched alkanes of at least 4 members (excludes halogenated alkanes) is 1. The first-order valence-electron chi connectivity index (χ1n) is 6.47. The highest BCUT2D eigenvalue weighted by Crippen LogP contribution is 2.27. The Morgan fingerprint density at radius 3 is 2.88 bits per heavy atom. The van der Waals surface area contributed by atoms with Gasteiger partial charge in [0.1, 0.15) is 0 Å². The van der Waals surface area contributed by atoms with E-state index in [9.17, 15) is 0 Å². The molecule has 0 amide bonds. The second kappa shape index (κ2) is 5.30. The van der Waals surface area contributed by atoms with Crippen molar-refractivity contribution < 1.29 is 4.42 Å². The van der Waals surface area contributed by atoms with Crippen LogP contribution in [0.3, 0.4) is 0 Å². The number of pyridine rings is 1. The smallest absolute Gasteiger partial charge is 0.200 e. The van der Waals surface area contributed by atoms with Crippen molar-refractivity contribution in [1.29, 1.82) is 0 Å². The van der Waals surface area contributed by atoms with E-state index >= 15 is 0 Å². The van der Waals surface area contributed by atoms with Gasteiger partial charge >= 0.3 is 0 Å². The molecule has 17 heavy (non-hydrogen) atoms. The lowest BCUT2D eigenvalue weighted by Crippen LogP contribution is -1.97. The van der Waals surface area contributed by atoms with Crippen molar-refractivity contribution in [2.24, 2.45) is 0 Å². The van der Waals surface area contributed by atoms with Gasteiger partial charge in [0.05, 0.1) is 0 Å². The number of nitrogens with zero attached hydrogens (tertiary/aromatic N) is 2. The van der Waals surface area contributed by atoms with Crippen LogP contribution in [0.5, 0.6) is 0 Å². The zero-order valence-electron chi connectivity index (χ0n) is 10.9. The Bertz CT molecular complexity index is 490. The molecule has 2 aromatic rings. The highest BCUT2D eigenvalue weighted by Gasteiger charge is 2.16. The standard InChI is InChI=1S/C14H20N2O/c1-4-6-7-11(5-2)14-16-13-12(17-14)8-10(3)9-15-13/h8-9,11H,4-7H2,1-3H3. The van der Waals surface area contributed by atoms with E-state index in [2.05, 4.69) is 23.8 Å². The van der Waals surface area contributed by atoms with E-state index in [0.29, 0.717) is 5.92 Å². The molecule has 0 saturated carbocycles. The maximum atomic E-state index is 5.83. The van der Waals surface area contributed by atoms with E-state index in [-0.39, 0.29) is 0 Å². The first-order valence-corrected chi connectivity index (χ1v) is 6.47. The average Bonchev–Trinajstić information content (AvgIpc) is 2.72. The minimum absolute atomic E-state index is 0.435. The second-order valence-corrected chi connectivity index (χ2v) is 4.63. The molecule has 2 aromatic heterocycles. The molecule has 0 radical (unpaired) electrons. The van der Waals surface area contributed by atoms with Crippen LogP contribution in [0.1, 0.15) is 56.9 Å². The van der Waals surface area contributed by atoms with Crippen LogP contribution in [-0.2, 0) is 0 Å². The molecule has 0 bridgehead atoms. The van der Waals surface area contributed by atoms with Crippen molar-refractivity contribution >= 4 is 11.2 Å². The van der Waals surface area contributed by atoms with E-state index in [0.717, 1.165) is 35.5 Å². The van der Waals surface area contributed by atoms with Crippen molar-refractivity contribution in [3.63, 3.8) is 0 Å². The largest absolute Gasteiger partial charge is 0.439 e. The van der Waals surface area contributed by atoms with Gasteiger partial charge in [0.15, 0.2) is 17.1 Å². The summed E-state index contributed by atoms with van der Waals surface area (Å²) in [6.45, 7) is 6.42. The molecule has 0 spiro atoms. The van der Waals surface area contributed by atoms with Gasteiger partial charge in [-0.1, -0.05) is 26.7 Å². The molecule has 3 heteroatoms. The quantitative estimate of drug-likeness (QED) is 0.775. The van der Waals surface area contributed by atoms with Crippen LogP contribution in [0.2, 0.25) is 0 Å². The molecular formula is C14H20N2O. The Morgan fingerprint density at radius 1 is 1.35 bits per heavy atom. The molecule has 92 valence electrons. The summed E-state index contributed by atoms with van der Waals surface area (Å²) in [6.07, 6.45) is 6.50. The van der Waals surface area contributed by atoms with Gasteiger partial charge in [-0.2, -0.15) is 4.98 Å². The maximum absolute atomic E-state index is 5.83. The van der Waals surface area contributed by atoms with Crippen LogP contribution in [0, 0.1) is 6.92 Å². The van der Waals surface area contributed by atoms with Gasteiger partial charge in [0.2, 0.25) is 0 Å². The van der Waals surface area contributed by atoms with Crippen molar-refractivity contribution in [3.8, 4) is 0 Å². The lowest BCUT2D eigenvalue weighted by Gasteiger charge is -2.08. The van der Waals surface area contributed by atoms with Crippen molar-refractivity contribution in [2.75, 3.05) is 0 Å². The minimum atomic E-state index is 0.435. The molecule has 0 N–H and O–H groups in total. The van der Waals surface area contributed by atoms with E-state index < -0.39 is 0 Å². The SMILES string of the molecule is CCCCC(CC)c1nc2ncc(C)cc2o1. The predicted molar refractivity (Wildman–Crippen MR) is 69.1 cm³/mol. The third-order valence-electron chi connectivity index (χ3n) is 3.15. The third-order valence-corrected chi connectivity index (χ3v) is 3.15. The van der Waals surface area contributed by atoms with Crippen LogP contribution >= 0.6 is 0 Å². The van der Waals surface area contributed by atoms with Crippen LogP contribution in [-0.4, -0.2) is 9.97 Å². The minimum Gasteiger partial charge on any atom is -0.439 e. The topological polar surface area (TPSA) is 38.9 Å². The van der Waals surface area contributed by atoms with Gasteiger partial charge in [-0.25, -0.2) is 4.98 Å². The summed E-state index contributed by atoms with van der Waals surface area (Å²) < 4.78 is 5.83. The molecule has 0 fully saturated rings. The fourth-order valence-corrected chi connectivity index (χ4v) is 2.06. The zero-order valence-corrected chi connectivity index (χ0v) is 10.9. The Labute approximate surface area is 102 Å². The number of hydrogen-bond donors (Lipinski definition) is 0. The number of oxazole rings is 1. The predicted octanol–water partition coefficient (Wildman–Crippen LogP) is 4.22. The average molecular weight is 232 g/mol. The van der Waals surface area contributed by atoms with Crippen molar-refractivity contribution in [2.45, 2.75) is 52.4 Å². The summed E-state index contributed by atoms with van der Waals surface area (Å²) in [5.74, 6) is 1.29. The fraction of sp³-hybridized carbons (Fsp3) is 0.571. The number of hydrogen-bond acceptors (Lipinski definition) is 3. The zero-order chi connectivity index (χ0) is 12.3. The van der Waals surface area contributed by atoms with E-state index in [4.69, 9.17) is 4.42 Å². The molecule has 3 nitrogen and oxygen atoms in total. The van der Waals surface area contributed by atoms with Crippen LogP contribution < -0.4 is 0 Å². The third kappa shape index (κ3) is 2.65. The first kappa shape index (κ1) is 12.1. The molecule has 2 heterocycles. The molecule has 0 aliphatic rings. The van der Waals surface area contributed by atoms with Crippen LogP contribution in [0.4, 0.5) is 0 Å². The molecule has 0 aromatic carbocycles. The van der Waals surface area contributed by atoms with Crippen molar-refractivity contribution in [1.82, 2.24) is 9.97 Å². The Balaban J connectivity index is 2.27. The molecule has 0 aliphatic carbocycles. The molecule has 2 rings (SSSR count). The highest BCUT2D eigenvalue weighted by molar-refractivity contribution is 5.68. The molecule has 0 saturated heterocycles. The van der Waals surface area contributed by atoms with E-state index in [1.54, 1.807) is 0 Å². The van der Waals surface area contributed by atoms with Gasteiger partial charge < -0.3 is 4.42 Å². The molecule has 1 atom stereocenters. The summed E-state index contributed by atoms with van der Waals surface area (Å²) in [7, 11) is 0. The van der Waals surface area contributed by atoms with E-state index in [1.165, 1.54) is 12.8 Å².